The molecule has 0 aromatic heterocycles. The van der Waals surface area contributed by atoms with Gasteiger partial charge in [-0.05, 0) is 17.2 Å². The van der Waals surface area contributed by atoms with Crippen LogP contribution in [0.2, 0.25) is 0 Å². The highest BCUT2D eigenvalue weighted by Gasteiger charge is 2.25. The van der Waals surface area contributed by atoms with Crippen LogP contribution < -0.4 is 15.8 Å². The number of likely N-dealkylation sites (N-methyl/N-ethyl adjacent to an activating group) is 1. The molecule has 0 saturated carbocycles. The minimum absolute atomic E-state index is 0.216. The summed E-state index contributed by atoms with van der Waals surface area (Å²) in [6, 6.07) is 14.8. The molecule has 0 aliphatic carbocycles. The second-order valence-corrected chi connectivity index (χ2v) is 8.52. The maximum Gasteiger partial charge on any atom is 0.272 e. The summed E-state index contributed by atoms with van der Waals surface area (Å²) in [6.45, 7) is 0.620. The third-order valence-electron chi connectivity index (χ3n) is 4.28. The van der Waals surface area contributed by atoms with Crippen LogP contribution in [0.15, 0.2) is 53.5 Å². The average molecular weight is 401 g/mol. The van der Waals surface area contributed by atoms with Crippen molar-refractivity contribution < 1.29 is 13.2 Å². The summed E-state index contributed by atoms with van der Waals surface area (Å²) in [5, 5.41) is 3.03. The minimum Gasteiger partial charge on any atom is -0.351 e. The number of benzene rings is 2. The quantitative estimate of drug-likeness (QED) is 0.663. The van der Waals surface area contributed by atoms with Crippen LogP contribution in [0.25, 0.3) is 0 Å². The van der Waals surface area contributed by atoms with Gasteiger partial charge >= 0.3 is 0 Å². The Labute approximate surface area is 164 Å². The van der Waals surface area contributed by atoms with Crippen molar-refractivity contribution in [3.05, 3.63) is 65.2 Å². The van der Waals surface area contributed by atoms with Gasteiger partial charge in [0.1, 0.15) is 5.71 Å². The van der Waals surface area contributed by atoms with E-state index in [4.69, 9.17) is 5.73 Å². The highest BCUT2D eigenvalue weighted by atomic mass is 32.2. The first-order chi connectivity index (χ1) is 13.2. The molecule has 9 heteroatoms. The van der Waals surface area contributed by atoms with Crippen molar-refractivity contribution in [3.8, 4) is 0 Å². The lowest BCUT2D eigenvalue weighted by atomic mass is 10.0. The van der Waals surface area contributed by atoms with E-state index < -0.39 is 16.3 Å². The predicted octanol–water partition coefficient (Wildman–Crippen LogP) is 0.851. The molecule has 4 N–H and O–H groups in total. The smallest absolute Gasteiger partial charge is 0.272 e. The molecule has 0 bridgehead atoms. The number of carbonyl (C=O) groups excluding carboxylic acids is 1. The molecule has 1 aliphatic heterocycles. The number of hydrogen-bond donors (Lipinski definition) is 3. The van der Waals surface area contributed by atoms with Crippen LogP contribution in [0, 0.1) is 0 Å². The fourth-order valence-corrected chi connectivity index (χ4v) is 3.32. The van der Waals surface area contributed by atoms with E-state index in [-0.39, 0.29) is 12.5 Å². The first-order valence-corrected chi connectivity index (χ1v) is 10.6. The highest BCUT2D eigenvalue weighted by Crippen LogP contribution is 2.22. The van der Waals surface area contributed by atoms with Gasteiger partial charge in [0.2, 0.25) is 10.0 Å². The molecule has 0 radical (unpaired) electrons. The van der Waals surface area contributed by atoms with Crippen molar-refractivity contribution in [2.45, 2.75) is 19.4 Å². The Morgan fingerprint density at radius 2 is 1.82 bits per heavy atom. The number of aliphatic imine (C=N–C) groups is 1. The van der Waals surface area contributed by atoms with Gasteiger partial charge in [0.05, 0.1) is 6.26 Å². The fourth-order valence-electron chi connectivity index (χ4n) is 2.89. The van der Waals surface area contributed by atoms with Crippen molar-refractivity contribution in [2.24, 2.45) is 10.7 Å². The molecule has 2 aromatic carbocycles. The second kappa shape index (κ2) is 8.09. The van der Waals surface area contributed by atoms with Gasteiger partial charge in [-0.15, -0.1) is 0 Å². The van der Waals surface area contributed by atoms with Gasteiger partial charge < -0.3 is 10.2 Å². The number of nitrogens with one attached hydrogen (secondary N) is 2. The summed E-state index contributed by atoms with van der Waals surface area (Å²) in [7, 11) is -1.53. The molecule has 148 valence electrons. The van der Waals surface area contributed by atoms with Gasteiger partial charge in [-0.1, -0.05) is 42.5 Å². The van der Waals surface area contributed by atoms with Crippen LogP contribution >= 0.6 is 0 Å². The van der Waals surface area contributed by atoms with Gasteiger partial charge in [-0.25, -0.2) is 18.1 Å². The molecule has 0 spiro atoms. The molecular weight excluding hydrogens is 378 g/mol. The fraction of sp³-hybridized carbons (Fsp3) is 0.263. The molecule has 8 nitrogen and oxygen atoms in total. The van der Waals surface area contributed by atoms with E-state index in [9.17, 15) is 13.2 Å². The number of anilines is 1. The molecule has 1 atom stereocenters. The molecule has 28 heavy (non-hydrogen) atoms. The number of hydrogen-bond acceptors (Lipinski definition) is 6. The van der Waals surface area contributed by atoms with E-state index in [0.717, 1.165) is 28.6 Å². The molecule has 2 aromatic rings. The normalized spacial score (nSPS) is 16.0. The maximum atomic E-state index is 12.9. The third kappa shape index (κ3) is 4.94. The molecule has 0 saturated heterocycles. The van der Waals surface area contributed by atoms with E-state index in [1.807, 2.05) is 48.5 Å². The van der Waals surface area contributed by atoms with Crippen molar-refractivity contribution in [1.29, 1.82) is 0 Å². The number of fused-ring (bicyclic) bond motifs is 1. The Bertz CT molecular complexity index is 1000. The van der Waals surface area contributed by atoms with E-state index in [2.05, 4.69) is 15.0 Å². The molecule has 1 aliphatic rings. The van der Waals surface area contributed by atoms with Crippen LogP contribution in [0.4, 0.5) is 5.69 Å². The van der Waals surface area contributed by atoms with E-state index >= 15 is 0 Å². The molecule has 1 heterocycles. The molecule has 0 fully saturated rings. The summed E-state index contributed by atoms with van der Waals surface area (Å²) in [5.74, 6) is -0.216. The van der Waals surface area contributed by atoms with Crippen molar-refractivity contribution in [2.75, 3.05) is 18.6 Å². The number of carbonyl (C=O) groups is 1. The molecular formula is C19H23N5O3S. The largest absolute Gasteiger partial charge is 0.351 e. The summed E-state index contributed by atoms with van der Waals surface area (Å²) in [6.07, 6.45) is 0.457. The molecule has 3 rings (SSSR count). The van der Waals surface area contributed by atoms with Crippen LogP contribution in [0.3, 0.4) is 0 Å². The van der Waals surface area contributed by atoms with E-state index in [0.29, 0.717) is 12.3 Å². The van der Waals surface area contributed by atoms with Crippen LogP contribution in [0.5, 0.6) is 0 Å². The van der Waals surface area contributed by atoms with Gasteiger partial charge in [0.15, 0.2) is 6.29 Å². The lowest BCUT2D eigenvalue weighted by molar-refractivity contribution is -0.123. The number of para-hydroxylation sites is 1. The number of nitrogens with zero attached hydrogens (tertiary/aromatic N) is 2. The first-order valence-electron chi connectivity index (χ1n) is 8.70. The summed E-state index contributed by atoms with van der Waals surface area (Å²) in [4.78, 5) is 18.8. The summed E-state index contributed by atoms with van der Waals surface area (Å²) in [5.41, 5.74) is 9.49. The lowest BCUT2D eigenvalue weighted by Gasteiger charge is -2.25. The maximum absolute atomic E-state index is 12.9. The Morgan fingerprint density at radius 3 is 2.50 bits per heavy atom. The lowest BCUT2D eigenvalue weighted by Crippen LogP contribution is -2.40. The van der Waals surface area contributed by atoms with Gasteiger partial charge in [0, 0.05) is 31.4 Å². The van der Waals surface area contributed by atoms with Gasteiger partial charge in [-0.3, -0.25) is 10.5 Å². The molecule has 1 unspecified atom stereocenters. The number of sulfonamides is 1. The monoisotopic (exact) mass is 401 g/mol. The summed E-state index contributed by atoms with van der Waals surface area (Å²) < 4.78 is 24.8. The number of rotatable bonds is 6. The van der Waals surface area contributed by atoms with E-state index in [1.165, 1.54) is 0 Å². The van der Waals surface area contributed by atoms with Crippen molar-refractivity contribution in [3.63, 3.8) is 0 Å². The Hall–Kier alpha value is -2.75. The topological polar surface area (TPSA) is 117 Å². The zero-order chi connectivity index (χ0) is 20.3. The van der Waals surface area contributed by atoms with E-state index in [1.54, 1.807) is 11.9 Å². The zero-order valence-electron chi connectivity index (χ0n) is 15.7. The first kappa shape index (κ1) is 20.0. The Kier molecular flexibility index (Phi) is 5.78. The predicted molar refractivity (Wildman–Crippen MR) is 109 cm³/mol. The molecule has 1 amide bonds. The standard InChI is InChI=1S/C19H23N5O3S/c1-24(12-14-9-7-13(8-10-14)11-21-28(2,26)27)18(25)17-15-5-3-4-6-16(15)22-19(20)23-17/h3-10,19,21-22H,11-12,20H2,1-2H3. The highest BCUT2D eigenvalue weighted by molar-refractivity contribution is 7.88. The Balaban J connectivity index is 1.69. The zero-order valence-corrected chi connectivity index (χ0v) is 16.5. The third-order valence-corrected chi connectivity index (χ3v) is 4.95. The minimum atomic E-state index is -3.24. The van der Waals surface area contributed by atoms with Gasteiger partial charge in [-0.2, -0.15) is 0 Å². The summed E-state index contributed by atoms with van der Waals surface area (Å²) >= 11 is 0. The number of nitrogens with two attached hydrogens (primary N) is 1. The second-order valence-electron chi connectivity index (χ2n) is 6.68. The van der Waals surface area contributed by atoms with Crippen LogP contribution in [0.1, 0.15) is 16.7 Å². The Morgan fingerprint density at radius 1 is 1.18 bits per heavy atom. The van der Waals surface area contributed by atoms with Crippen molar-refractivity contribution in [1.82, 2.24) is 9.62 Å². The van der Waals surface area contributed by atoms with Crippen LogP contribution in [-0.4, -0.2) is 44.5 Å². The average Bonchev–Trinajstić information content (AvgIpc) is 2.65. The number of amides is 1. The van der Waals surface area contributed by atoms with Crippen molar-refractivity contribution >= 4 is 27.3 Å². The van der Waals surface area contributed by atoms with Crippen LogP contribution in [-0.2, 0) is 27.9 Å². The van der Waals surface area contributed by atoms with Gasteiger partial charge in [0.25, 0.3) is 5.91 Å². The SMILES string of the molecule is CN(Cc1ccc(CNS(C)(=O)=O)cc1)C(=O)C1=NC(N)Nc2ccccc21.